The van der Waals surface area contributed by atoms with E-state index in [4.69, 9.17) is 4.74 Å². The standard InChI is InChI=1S/C36H37F3N6O5/c37-36(38,39)28-10-6-12-31(44-17-15-25(16-18-44)24-7-2-1-3-8-24)50-32(28)33(46)41-26-13-14-30(40-23-26)43-19-21-45(22-20-43)35(49)42-29-11-5-4-9-27(29)34(47)48/h1-5,7-9,11-14,23,25H,6,10,15-22H2,(H,41,46)(H,42,49)(H,47,48). The average Bonchev–Trinajstić information content (AvgIpc) is 3.37. The van der Waals surface area contributed by atoms with E-state index in [0.717, 1.165) is 12.8 Å². The summed E-state index contributed by atoms with van der Waals surface area (Å²) in [4.78, 5) is 47.4. The number of benzene rings is 2. The molecule has 0 saturated carbocycles. The molecule has 14 heteroatoms. The van der Waals surface area contributed by atoms with E-state index in [2.05, 4.69) is 27.8 Å². The number of alkyl halides is 3. The number of hydrogen-bond donors (Lipinski definition) is 3. The van der Waals surface area contributed by atoms with Crippen molar-refractivity contribution in [1.82, 2.24) is 14.8 Å². The Labute approximate surface area is 287 Å². The minimum absolute atomic E-state index is 0.0106. The van der Waals surface area contributed by atoms with Gasteiger partial charge in [0.1, 0.15) is 5.82 Å². The normalized spacial score (nSPS) is 17.4. The van der Waals surface area contributed by atoms with Crippen molar-refractivity contribution in [2.24, 2.45) is 0 Å². The number of piperidine rings is 1. The van der Waals surface area contributed by atoms with Crippen LogP contribution in [0.3, 0.4) is 0 Å². The highest BCUT2D eigenvalue weighted by molar-refractivity contribution is 6.03. The van der Waals surface area contributed by atoms with Gasteiger partial charge in [-0.1, -0.05) is 42.5 Å². The Morgan fingerprint density at radius 3 is 2.20 bits per heavy atom. The van der Waals surface area contributed by atoms with Crippen LogP contribution in [-0.2, 0) is 9.53 Å². The molecule has 2 aromatic carbocycles. The summed E-state index contributed by atoms with van der Waals surface area (Å²) in [6, 6.07) is 19.0. The molecular weight excluding hydrogens is 653 g/mol. The van der Waals surface area contributed by atoms with Crippen molar-refractivity contribution in [3.8, 4) is 0 Å². The van der Waals surface area contributed by atoms with Gasteiger partial charge in [-0.15, -0.1) is 0 Å². The second-order valence-corrected chi connectivity index (χ2v) is 12.3. The van der Waals surface area contributed by atoms with Gasteiger partial charge >= 0.3 is 18.2 Å². The third-order valence-electron chi connectivity index (χ3n) is 9.12. The number of piperazine rings is 1. The van der Waals surface area contributed by atoms with Crippen LogP contribution in [0.2, 0.25) is 0 Å². The van der Waals surface area contributed by atoms with Crippen molar-refractivity contribution in [2.45, 2.75) is 37.8 Å². The van der Waals surface area contributed by atoms with Gasteiger partial charge in [-0.05, 0) is 67.5 Å². The number of aromatic carboxylic acids is 1. The van der Waals surface area contributed by atoms with Crippen molar-refractivity contribution in [3.63, 3.8) is 0 Å². The average molecular weight is 691 g/mol. The highest BCUT2D eigenvalue weighted by atomic mass is 19.4. The number of ether oxygens (including phenoxy) is 1. The maximum absolute atomic E-state index is 14.1. The molecule has 2 fully saturated rings. The number of halogens is 3. The molecule has 2 saturated heterocycles. The minimum Gasteiger partial charge on any atom is -0.478 e. The van der Waals surface area contributed by atoms with Gasteiger partial charge in [0.05, 0.1) is 28.7 Å². The van der Waals surface area contributed by atoms with Crippen LogP contribution >= 0.6 is 0 Å². The van der Waals surface area contributed by atoms with Gasteiger partial charge in [-0.25, -0.2) is 14.6 Å². The SMILES string of the molecule is O=C(Nc1ccc(N2CCN(C(=O)Nc3ccccc3C(=O)O)CC2)nc1)C1=C(C(F)(F)F)CCC=C(N2CCC(c3ccccc3)CC2)O1. The molecule has 0 radical (unpaired) electrons. The number of carboxylic acid groups (broad SMARTS) is 1. The molecule has 0 aliphatic carbocycles. The topological polar surface area (TPSA) is 127 Å². The van der Waals surface area contributed by atoms with E-state index in [9.17, 15) is 32.7 Å². The molecule has 3 N–H and O–H groups in total. The van der Waals surface area contributed by atoms with Crippen LogP contribution in [0.1, 0.15) is 47.5 Å². The number of nitrogens with one attached hydrogen (secondary N) is 2. The summed E-state index contributed by atoms with van der Waals surface area (Å²) in [6.07, 6.45) is -0.442. The monoisotopic (exact) mass is 690 g/mol. The first-order valence-corrected chi connectivity index (χ1v) is 16.5. The van der Waals surface area contributed by atoms with Gasteiger partial charge in [0.15, 0.2) is 5.88 Å². The van der Waals surface area contributed by atoms with Crippen LogP contribution in [0, 0.1) is 0 Å². The second-order valence-electron chi connectivity index (χ2n) is 12.3. The molecule has 0 unspecified atom stereocenters. The van der Waals surface area contributed by atoms with E-state index in [1.165, 1.54) is 23.9 Å². The van der Waals surface area contributed by atoms with Crippen LogP contribution in [0.15, 0.2) is 96.2 Å². The summed E-state index contributed by atoms with van der Waals surface area (Å²) in [5.41, 5.74) is 0.606. The molecule has 50 heavy (non-hydrogen) atoms. The van der Waals surface area contributed by atoms with Crippen LogP contribution in [-0.4, -0.2) is 83.2 Å². The Hall–Kier alpha value is -5.53. The third-order valence-corrected chi connectivity index (χ3v) is 9.12. The fourth-order valence-corrected chi connectivity index (χ4v) is 6.41. The van der Waals surface area contributed by atoms with Gasteiger partial charge in [-0.2, -0.15) is 13.2 Å². The third kappa shape index (κ3) is 8.01. The molecule has 4 heterocycles. The lowest BCUT2D eigenvalue weighted by Gasteiger charge is -2.35. The molecule has 11 nitrogen and oxygen atoms in total. The van der Waals surface area contributed by atoms with Crippen molar-refractivity contribution >= 4 is 35.1 Å². The molecule has 3 aliphatic heterocycles. The fraction of sp³-hybridized carbons (Fsp3) is 0.333. The van der Waals surface area contributed by atoms with Gasteiger partial charge < -0.3 is 35.2 Å². The maximum Gasteiger partial charge on any atom is 0.416 e. The summed E-state index contributed by atoms with van der Waals surface area (Å²) in [5.74, 6) is -1.76. The Morgan fingerprint density at radius 2 is 1.54 bits per heavy atom. The number of urea groups is 1. The summed E-state index contributed by atoms with van der Waals surface area (Å²) >= 11 is 0. The number of pyridine rings is 1. The number of carbonyl (C=O) groups is 3. The summed E-state index contributed by atoms with van der Waals surface area (Å²) in [5, 5.41) is 14.6. The number of amides is 3. The lowest BCUT2D eigenvalue weighted by atomic mass is 9.89. The predicted molar refractivity (Wildman–Crippen MR) is 181 cm³/mol. The number of carbonyl (C=O) groups excluding carboxylic acids is 2. The quantitative estimate of drug-likeness (QED) is 0.259. The Balaban J connectivity index is 1.06. The van der Waals surface area contributed by atoms with E-state index in [1.54, 1.807) is 35.2 Å². The fourth-order valence-electron chi connectivity index (χ4n) is 6.41. The predicted octanol–water partition coefficient (Wildman–Crippen LogP) is 6.42. The second kappa shape index (κ2) is 14.9. The molecule has 3 aromatic rings. The first-order valence-electron chi connectivity index (χ1n) is 16.5. The molecule has 1 aromatic heterocycles. The molecule has 6 rings (SSSR count). The van der Waals surface area contributed by atoms with E-state index in [-0.39, 0.29) is 35.7 Å². The number of carboxylic acids is 1. The van der Waals surface area contributed by atoms with Crippen LogP contribution < -0.4 is 15.5 Å². The van der Waals surface area contributed by atoms with Gasteiger partial charge in [-0.3, -0.25) is 4.79 Å². The zero-order valence-corrected chi connectivity index (χ0v) is 27.2. The first kappa shape index (κ1) is 34.3. The zero-order chi connectivity index (χ0) is 35.3. The highest BCUT2D eigenvalue weighted by Gasteiger charge is 2.41. The van der Waals surface area contributed by atoms with E-state index < -0.39 is 35.4 Å². The molecular formula is C36H37F3N6O5. The van der Waals surface area contributed by atoms with Crippen LogP contribution in [0.5, 0.6) is 0 Å². The Kier molecular flexibility index (Phi) is 10.3. The zero-order valence-electron chi connectivity index (χ0n) is 27.2. The summed E-state index contributed by atoms with van der Waals surface area (Å²) in [7, 11) is 0. The molecule has 262 valence electrons. The van der Waals surface area contributed by atoms with E-state index in [0.29, 0.717) is 51.0 Å². The number of likely N-dealkylation sites (tertiary alicyclic amines) is 1. The lowest BCUT2D eigenvalue weighted by Crippen LogP contribution is -2.50. The van der Waals surface area contributed by atoms with E-state index >= 15 is 0 Å². The highest BCUT2D eigenvalue weighted by Crippen LogP contribution is 2.37. The number of nitrogens with zero attached hydrogens (tertiary/aromatic N) is 4. The van der Waals surface area contributed by atoms with Gasteiger partial charge in [0.2, 0.25) is 5.76 Å². The number of rotatable bonds is 7. The molecule has 3 amide bonds. The Bertz CT molecular complexity index is 1760. The number of anilines is 3. The van der Waals surface area contributed by atoms with Crippen LogP contribution in [0.4, 0.5) is 35.2 Å². The summed E-state index contributed by atoms with van der Waals surface area (Å²) < 4.78 is 48.3. The van der Waals surface area contributed by atoms with Crippen LogP contribution in [0.25, 0.3) is 0 Å². The minimum atomic E-state index is -4.75. The van der Waals surface area contributed by atoms with Crippen molar-refractivity contribution in [2.75, 3.05) is 54.8 Å². The maximum atomic E-state index is 14.1. The van der Waals surface area contributed by atoms with Gasteiger partial charge in [0, 0.05) is 39.3 Å². The number of allylic oxidation sites excluding steroid dienone is 2. The smallest absolute Gasteiger partial charge is 0.416 e. The summed E-state index contributed by atoms with van der Waals surface area (Å²) in [6.45, 7) is 2.72. The molecule has 0 bridgehead atoms. The largest absolute Gasteiger partial charge is 0.478 e. The van der Waals surface area contributed by atoms with Crippen molar-refractivity contribution in [1.29, 1.82) is 0 Å². The van der Waals surface area contributed by atoms with E-state index in [1.807, 2.05) is 28.0 Å². The molecule has 0 atom stereocenters. The Morgan fingerprint density at radius 1 is 0.840 bits per heavy atom. The van der Waals surface area contributed by atoms with Gasteiger partial charge in [0.25, 0.3) is 5.91 Å². The number of hydrogen-bond acceptors (Lipinski definition) is 7. The number of aromatic nitrogens is 1. The molecule has 3 aliphatic rings. The van der Waals surface area contributed by atoms with Crippen molar-refractivity contribution in [3.05, 3.63) is 107 Å². The van der Waals surface area contributed by atoms with Crippen molar-refractivity contribution < 1.29 is 37.4 Å². The lowest BCUT2D eigenvalue weighted by molar-refractivity contribution is -0.119. The number of para-hydroxylation sites is 1. The first-order chi connectivity index (χ1) is 24.1. The molecule has 0 spiro atoms.